The summed E-state index contributed by atoms with van der Waals surface area (Å²) in [5, 5.41) is 8.68. The predicted octanol–water partition coefficient (Wildman–Crippen LogP) is 2.05. The molecule has 12 heavy (non-hydrogen) atoms. The summed E-state index contributed by atoms with van der Waals surface area (Å²) in [5.74, 6) is 0.429. The molecule has 0 unspecified atom stereocenters. The molecule has 1 fully saturated rings. The molecule has 2 N–H and O–H groups in total. The van der Waals surface area contributed by atoms with Gasteiger partial charge in [0.15, 0.2) is 0 Å². The van der Waals surface area contributed by atoms with Crippen LogP contribution in [0.2, 0.25) is 0 Å². The fourth-order valence-corrected chi connectivity index (χ4v) is 2.17. The zero-order valence-electron chi connectivity index (χ0n) is 8.01. The Kier molecular flexibility index (Phi) is 2.74. The molecule has 2 nitrogen and oxygen atoms in total. The summed E-state index contributed by atoms with van der Waals surface area (Å²) >= 11 is 0. The fraction of sp³-hybridized carbons (Fsp3) is 0.900. The summed E-state index contributed by atoms with van der Waals surface area (Å²) in [6, 6.07) is 1.90. The molecule has 0 radical (unpaired) electrons. The van der Waals surface area contributed by atoms with Crippen molar-refractivity contribution in [3.05, 3.63) is 0 Å². The average molecular weight is 166 g/mol. The monoisotopic (exact) mass is 166 g/mol. The topological polar surface area (TPSA) is 49.8 Å². The zero-order valence-corrected chi connectivity index (χ0v) is 8.01. The summed E-state index contributed by atoms with van der Waals surface area (Å²) in [6.45, 7) is 4.53. The van der Waals surface area contributed by atoms with E-state index in [4.69, 9.17) is 11.0 Å². The molecule has 0 heterocycles. The highest BCUT2D eigenvalue weighted by atomic mass is 14.7. The Labute approximate surface area is 74.8 Å². The molecule has 1 aliphatic carbocycles. The molecule has 0 aromatic carbocycles. The highest BCUT2D eigenvalue weighted by molar-refractivity contribution is 4.95. The Morgan fingerprint density at radius 1 is 1.58 bits per heavy atom. The van der Waals surface area contributed by atoms with Crippen molar-refractivity contribution >= 4 is 0 Å². The van der Waals surface area contributed by atoms with Crippen LogP contribution in [0.15, 0.2) is 0 Å². The van der Waals surface area contributed by atoms with E-state index in [0.717, 1.165) is 12.8 Å². The lowest BCUT2D eigenvalue weighted by Gasteiger charge is -2.36. The molecule has 0 aliphatic heterocycles. The van der Waals surface area contributed by atoms with Gasteiger partial charge < -0.3 is 5.73 Å². The molecule has 0 aromatic rings. The van der Waals surface area contributed by atoms with Gasteiger partial charge in [0.2, 0.25) is 0 Å². The van der Waals surface area contributed by atoms with E-state index < -0.39 is 0 Å². The first-order valence-electron chi connectivity index (χ1n) is 4.70. The van der Waals surface area contributed by atoms with Gasteiger partial charge in [0, 0.05) is 0 Å². The van der Waals surface area contributed by atoms with Crippen LogP contribution in [-0.2, 0) is 0 Å². The number of nitrogens with zero attached hydrogens (tertiary/aromatic N) is 1. The standard InChI is InChI=1S/C10H18N2/c1-10(2)5-3-4-8(6-10)9(12)7-11/h8-9H,3-6,12H2,1-2H3/t8-,9+/m0/s1. The lowest BCUT2D eigenvalue weighted by molar-refractivity contribution is 0.172. The fourth-order valence-electron chi connectivity index (χ4n) is 2.17. The third kappa shape index (κ3) is 2.22. The smallest absolute Gasteiger partial charge is 0.0956 e. The molecule has 0 aromatic heterocycles. The Morgan fingerprint density at radius 2 is 2.25 bits per heavy atom. The first-order valence-corrected chi connectivity index (χ1v) is 4.70. The van der Waals surface area contributed by atoms with Gasteiger partial charge in [0.05, 0.1) is 12.1 Å². The van der Waals surface area contributed by atoms with Crippen molar-refractivity contribution in [3.63, 3.8) is 0 Å². The summed E-state index contributed by atoms with van der Waals surface area (Å²) in [7, 11) is 0. The Morgan fingerprint density at radius 3 is 2.75 bits per heavy atom. The van der Waals surface area contributed by atoms with E-state index in [9.17, 15) is 0 Å². The van der Waals surface area contributed by atoms with E-state index in [2.05, 4.69) is 19.9 Å². The lowest BCUT2D eigenvalue weighted by atomic mass is 9.70. The van der Waals surface area contributed by atoms with Crippen LogP contribution < -0.4 is 5.73 Å². The largest absolute Gasteiger partial charge is 0.316 e. The van der Waals surface area contributed by atoms with Crippen molar-refractivity contribution in [2.24, 2.45) is 17.1 Å². The maximum absolute atomic E-state index is 8.68. The molecule has 68 valence electrons. The predicted molar refractivity (Wildman–Crippen MR) is 49.3 cm³/mol. The van der Waals surface area contributed by atoms with E-state index >= 15 is 0 Å². The molecular weight excluding hydrogens is 148 g/mol. The highest BCUT2D eigenvalue weighted by Crippen LogP contribution is 2.39. The lowest BCUT2D eigenvalue weighted by Crippen LogP contribution is -2.35. The van der Waals surface area contributed by atoms with E-state index in [1.54, 1.807) is 0 Å². The van der Waals surface area contributed by atoms with Gasteiger partial charge >= 0.3 is 0 Å². The first kappa shape index (κ1) is 9.54. The molecule has 0 amide bonds. The van der Waals surface area contributed by atoms with Crippen LogP contribution in [0.5, 0.6) is 0 Å². The van der Waals surface area contributed by atoms with Gasteiger partial charge in [-0.15, -0.1) is 0 Å². The molecule has 0 bridgehead atoms. The van der Waals surface area contributed by atoms with Crippen molar-refractivity contribution < 1.29 is 0 Å². The number of rotatable bonds is 1. The summed E-state index contributed by atoms with van der Waals surface area (Å²) in [6.07, 6.45) is 4.76. The summed E-state index contributed by atoms with van der Waals surface area (Å²) < 4.78 is 0. The van der Waals surface area contributed by atoms with Crippen molar-refractivity contribution in [1.82, 2.24) is 0 Å². The minimum Gasteiger partial charge on any atom is -0.316 e. The van der Waals surface area contributed by atoms with Gasteiger partial charge in [-0.3, -0.25) is 0 Å². The zero-order chi connectivity index (χ0) is 9.19. The molecule has 2 atom stereocenters. The third-order valence-corrected chi connectivity index (χ3v) is 2.90. The summed E-state index contributed by atoms with van der Waals surface area (Å²) in [5.41, 5.74) is 6.11. The van der Waals surface area contributed by atoms with Crippen LogP contribution in [0.4, 0.5) is 0 Å². The SMILES string of the molecule is CC1(C)CCC[C@H]([C@H](N)C#N)C1. The van der Waals surface area contributed by atoms with Gasteiger partial charge in [0.25, 0.3) is 0 Å². The molecule has 2 heteroatoms. The number of hydrogen-bond donors (Lipinski definition) is 1. The van der Waals surface area contributed by atoms with Crippen LogP contribution in [0.25, 0.3) is 0 Å². The van der Waals surface area contributed by atoms with E-state index in [1.165, 1.54) is 12.8 Å². The molecule has 1 rings (SSSR count). The molecule has 0 spiro atoms. The van der Waals surface area contributed by atoms with Gasteiger partial charge in [-0.05, 0) is 30.6 Å². The molecule has 1 saturated carbocycles. The number of hydrogen-bond acceptors (Lipinski definition) is 2. The minimum absolute atomic E-state index is 0.246. The molecule has 1 aliphatic rings. The minimum atomic E-state index is -0.246. The van der Waals surface area contributed by atoms with Crippen molar-refractivity contribution in [3.8, 4) is 6.07 Å². The third-order valence-electron chi connectivity index (χ3n) is 2.90. The Balaban J connectivity index is 2.53. The molecule has 0 saturated heterocycles. The summed E-state index contributed by atoms with van der Waals surface area (Å²) in [4.78, 5) is 0. The van der Waals surface area contributed by atoms with Crippen molar-refractivity contribution in [2.75, 3.05) is 0 Å². The van der Waals surface area contributed by atoms with Crippen LogP contribution in [0.1, 0.15) is 39.5 Å². The maximum Gasteiger partial charge on any atom is 0.0956 e. The van der Waals surface area contributed by atoms with E-state index in [0.29, 0.717) is 11.3 Å². The number of nitriles is 1. The van der Waals surface area contributed by atoms with Gasteiger partial charge in [-0.25, -0.2) is 0 Å². The molecular formula is C10H18N2. The van der Waals surface area contributed by atoms with Crippen molar-refractivity contribution in [1.29, 1.82) is 5.26 Å². The van der Waals surface area contributed by atoms with Gasteiger partial charge in [-0.2, -0.15) is 5.26 Å². The Hall–Kier alpha value is -0.550. The quantitative estimate of drug-likeness (QED) is 0.648. The second-order valence-electron chi connectivity index (χ2n) is 4.68. The normalized spacial score (nSPS) is 30.7. The number of nitrogens with two attached hydrogens (primary N) is 1. The van der Waals surface area contributed by atoms with E-state index in [1.807, 2.05) is 0 Å². The second-order valence-corrected chi connectivity index (χ2v) is 4.68. The van der Waals surface area contributed by atoms with Gasteiger partial charge in [-0.1, -0.05) is 20.3 Å². The Bertz CT molecular complexity index is 191. The van der Waals surface area contributed by atoms with Gasteiger partial charge in [0.1, 0.15) is 0 Å². The van der Waals surface area contributed by atoms with Crippen LogP contribution >= 0.6 is 0 Å². The van der Waals surface area contributed by atoms with Crippen LogP contribution in [0.3, 0.4) is 0 Å². The maximum atomic E-state index is 8.68. The van der Waals surface area contributed by atoms with Crippen molar-refractivity contribution in [2.45, 2.75) is 45.6 Å². The average Bonchev–Trinajstić information content (AvgIpc) is 2.01. The van der Waals surface area contributed by atoms with E-state index in [-0.39, 0.29) is 6.04 Å². The second kappa shape index (κ2) is 3.45. The van der Waals surface area contributed by atoms with Crippen LogP contribution in [-0.4, -0.2) is 6.04 Å². The highest BCUT2D eigenvalue weighted by Gasteiger charge is 2.30. The van der Waals surface area contributed by atoms with Crippen LogP contribution in [0, 0.1) is 22.7 Å². The first-order chi connectivity index (χ1) is 5.55.